The lowest BCUT2D eigenvalue weighted by Gasteiger charge is -2.32. The number of aliphatic carboxylic acids is 1. The Morgan fingerprint density at radius 3 is 1.52 bits per heavy atom. The molecule has 27 heteroatoms. The number of amides is 8. The molecule has 79 heavy (non-hydrogen) atoms. The van der Waals surface area contributed by atoms with E-state index in [1.165, 1.54) is 53.4 Å². The first-order valence-corrected chi connectivity index (χ1v) is 26.6. The Bertz CT molecular complexity index is 2430. The number of carbonyl (C=O) groups excluding carboxylic acids is 8. The van der Waals surface area contributed by atoms with Gasteiger partial charge < -0.3 is 94.2 Å². The first-order valence-electron chi connectivity index (χ1n) is 26.6. The van der Waals surface area contributed by atoms with Gasteiger partial charge in [0.2, 0.25) is 47.3 Å². The summed E-state index contributed by atoms with van der Waals surface area (Å²) in [4.78, 5) is 128. The molecule has 0 bridgehead atoms. The number of likely N-dealkylation sites (tertiary alicyclic amines) is 3. The Morgan fingerprint density at radius 2 is 1.05 bits per heavy atom. The minimum atomic E-state index is -1.86. The molecule has 3 saturated heterocycles. The maximum Gasteiger partial charge on any atom is 0.326 e. The van der Waals surface area contributed by atoms with E-state index in [2.05, 4.69) is 26.6 Å². The normalized spacial score (nSPS) is 21.7. The molecule has 8 amide bonds. The van der Waals surface area contributed by atoms with Crippen molar-refractivity contribution in [3.05, 3.63) is 59.7 Å². The highest BCUT2D eigenvalue weighted by atomic mass is 16.4. The molecule has 2 aromatic carbocycles. The van der Waals surface area contributed by atoms with E-state index >= 15 is 0 Å². The van der Waals surface area contributed by atoms with Crippen LogP contribution in [0.5, 0.6) is 11.5 Å². The molecular weight excluding hydrogens is 1030 g/mol. The smallest absolute Gasteiger partial charge is 0.326 e. The van der Waals surface area contributed by atoms with E-state index in [4.69, 9.17) is 17.2 Å². The van der Waals surface area contributed by atoms with Gasteiger partial charge in [0.15, 0.2) is 0 Å². The van der Waals surface area contributed by atoms with Gasteiger partial charge in [0, 0.05) is 45.3 Å². The number of unbranched alkanes of at least 4 members (excludes halogenated alkanes) is 2. The molecule has 0 saturated carbocycles. The molecule has 5 rings (SSSR count). The van der Waals surface area contributed by atoms with Crippen LogP contribution in [0.25, 0.3) is 0 Å². The fraction of sp³-hybridized carbons (Fsp3) is 0.596. The predicted molar refractivity (Wildman–Crippen MR) is 280 cm³/mol. The third kappa shape index (κ3) is 17.5. The van der Waals surface area contributed by atoms with Gasteiger partial charge in [-0.05, 0) is 100 Å². The standard InChI is InChI=1S/C52H77N11O16/c1-28(65)43(48(74)58-38(22-30-12-16-32(67)17-13-30)51(77)62-25-33(68)23-41(62)46(72)56-36(52(78)79)8-3-5-19-54)60-47(73)42-24-34(69)26-63(42)50(76)37(21-29-10-14-31(66)15-11-29)57-44(70)39(27-64)59-45(71)40-9-6-20-61(40)49(75)35(55)7-2-4-18-53/h10-17,28,33-43,64-69H,2-9,18-27,53-55H2,1H3,(H,56,72)(H,57,70)(H,58,74)(H,59,71)(H,60,73)(H,78,79)/t28-,33-,34-,35+,36+,37+,38+,39+,40+,41+,42+,43+/m1/s1. The number of phenolic OH excluding ortho intramolecular Hbond substituents is 2. The molecule has 3 heterocycles. The highest BCUT2D eigenvalue weighted by Crippen LogP contribution is 2.25. The van der Waals surface area contributed by atoms with Crippen LogP contribution in [0.2, 0.25) is 0 Å². The number of hydrogen-bond acceptors (Lipinski definition) is 18. The third-order valence-electron chi connectivity index (χ3n) is 14.3. The van der Waals surface area contributed by atoms with Crippen LogP contribution in [-0.4, -0.2) is 216 Å². The molecule has 436 valence electrons. The van der Waals surface area contributed by atoms with Crippen molar-refractivity contribution in [2.24, 2.45) is 17.2 Å². The van der Waals surface area contributed by atoms with Crippen LogP contribution in [0, 0.1) is 0 Å². The van der Waals surface area contributed by atoms with Crippen LogP contribution in [-0.2, 0) is 56.0 Å². The Labute approximate surface area is 456 Å². The quantitative estimate of drug-likeness (QED) is 0.0356. The number of nitrogens with zero attached hydrogens (tertiary/aromatic N) is 3. The SMILES string of the molecule is C[C@@H](O)[C@H](NC(=O)[C@@H]1C[C@@H](O)CN1C(=O)[C@H](Cc1ccc(O)cc1)NC(=O)[C@H](CO)NC(=O)[C@@H]1CCCN1C(=O)[C@@H](N)CCCCN)C(=O)N[C@@H](Cc1ccc(O)cc1)C(=O)N1C[C@H](O)C[C@H]1C(=O)N[C@@H](CCCCN)C(=O)O. The van der Waals surface area contributed by atoms with Crippen LogP contribution in [0.3, 0.4) is 0 Å². The van der Waals surface area contributed by atoms with Gasteiger partial charge in [-0.2, -0.15) is 0 Å². The minimum absolute atomic E-state index is 0.0290. The number of phenols is 2. The number of rotatable bonds is 28. The van der Waals surface area contributed by atoms with Crippen molar-refractivity contribution in [1.29, 1.82) is 0 Å². The molecule has 0 radical (unpaired) electrons. The summed E-state index contributed by atoms with van der Waals surface area (Å²) in [6.07, 6.45) is -2.35. The number of nitrogens with two attached hydrogens (primary N) is 3. The maximum absolute atomic E-state index is 14.7. The summed E-state index contributed by atoms with van der Waals surface area (Å²) in [6, 6.07) is -1.78. The van der Waals surface area contributed by atoms with Crippen LogP contribution in [0.15, 0.2) is 48.5 Å². The summed E-state index contributed by atoms with van der Waals surface area (Å²) in [5.74, 6) is -8.76. The molecule has 0 unspecified atom stereocenters. The number of carboxylic acid groups (broad SMARTS) is 1. The first-order chi connectivity index (χ1) is 37.6. The number of β-amino-alcohol motifs (C(OH)–C–C–N with tert-alkyl or cyclic N) is 2. The van der Waals surface area contributed by atoms with E-state index in [-0.39, 0.29) is 56.7 Å². The molecule has 2 aromatic rings. The maximum atomic E-state index is 14.7. The van der Waals surface area contributed by atoms with Crippen LogP contribution >= 0.6 is 0 Å². The molecular formula is C52H77N11O16. The molecule has 0 spiro atoms. The molecule has 27 nitrogen and oxygen atoms in total. The van der Waals surface area contributed by atoms with E-state index < -0.39 is 152 Å². The van der Waals surface area contributed by atoms with Crippen LogP contribution < -0.4 is 43.8 Å². The second-order valence-corrected chi connectivity index (χ2v) is 20.4. The lowest BCUT2D eigenvalue weighted by atomic mass is 10.0. The molecule has 3 aliphatic heterocycles. The van der Waals surface area contributed by atoms with Crippen LogP contribution in [0.4, 0.5) is 0 Å². The van der Waals surface area contributed by atoms with E-state index in [0.29, 0.717) is 56.2 Å². The van der Waals surface area contributed by atoms with Gasteiger partial charge in [0.05, 0.1) is 31.0 Å². The van der Waals surface area contributed by atoms with Crippen molar-refractivity contribution in [1.82, 2.24) is 41.3 Å². The monoisotopic (exact) mass is 1110 g/mol. The largest absolute Gasteiger partial charge is 0.508 e. The fourth-order valence-corrected chi connectivity index (χ4v) is 9.96. The highest BCUT2D eigenvalue weighted by molar-refractivity contribution is 5.99. The Hall–Kier alpha value is -7.01. The van der Waals surface area contributed by atoms with Crippen molar-refractivity contribution in [2.45, 2.75) is 157 Å². The predicted octanol–water partition coefficient (Wildman–Crippen LogP) is -4.74. The van der Waals surface area contributed by atoms with Gasteiger partial charge in [-0.25, -0.2) is 4.79 Å². The zero-order chi connectivity index (χ0) is 58.1. The Morgan fingerprint density at radius 1 is 0.595 bits per heavy atom. The van der Waals surface area contributed by atoms with Gasteiger partial charge in [0.1, 0.15) is 59.8 Å². The molecule has 12 atom stereocenters. The van der Waals surface area contributed by atoms with Gasteiger partial charge >= 0.3 is 5.97 Å². The van der Waals surface area contributed by atoms with Crippen LogP contribution in [0.1, 0.15) is 82.3 Å². The van der Waals surface area contributed by atoms with Gasteiger partial charge in [-0.1, -0.05) is 30.7 Å². The number of carboxylic acids is 1. The zero-order valence-electron chi connectivity index (χ0n) is 44.2. The summed E-state index contributed by atoms with van der Waals surface area (Å²) >= 11 is 0. The molecule has 18 N–H and O–H groups in total. The summed E-state index contributed by atoms with van der Waals surface area (Å²) < 4.78 is 0. The van der Waals surface area contributed by atoms with E-state index in [1.807, 2.05) is 0 Å². The summed E-state index contributed by atoms with van der Waals surface area (Å²) in [5, 5.41) is 85.2. The minimum Gasteiger partial charge on any atom is -0.508 e. The van der Waals surface area contributed by atoms with E-state index in [0.717, 1.165) is 16.7 Å². The van der Waals surface area contributed by atoms with E-state index in [1.54, 1.807) is 0 Å². The number of aliphatic hydroxyl groups excluding tert-OH is 4. The number of carbonyl (C=O) groups is 9. The molecule has 0 aromatic heterocycles. The van der Waals surface area contributed by atoms with Gasteiger partial charge in [-0.15, -0.1) is 0 Å². The Kier molecular flexibility index (Phi) is 23.7. The summed E-state index contributed by atoms with van der Waals surface area (Å²) in [7, 11) is 0. The first kappa shape index (κ1) is 62.8. The number of aromatic hydroxyl groups is 2. The van der Waals surface area contributed by atoms with Crippen molar-refractivity contribution < 1.29 is 78.9 Å². The number of aliphatic hydroxyl groups is 4. The van der Waals surface area contributed by atoms with Gasteiger partial charge in [0.25, 0.3) is 0 Å². The van der Waals surface area contributed by atoms with Crippen molar-refractivity contribution >= 4 is 53.2 Å². The second kappa shape index (κ2) is 29.8. The molecule has 0 aliphatic carbocycles. The number of hydrogen-bond donors (Lipinski definition) is 15. The molecule has 3 fully saturated rings. The Balaban J connectivity index is 1.35. The zero-order valence-corrected chi connectivity index (χ0v) is 44.2. The lowest BCUT2D eigenvalue weighted by Crippen LogP contribution is -2.62. The van der Waals surface area contributed by atoms with Crippen molar-refractivity contribution in [2.75, 3.05) is 39.3 Å². The lowest BCUT2D eigenvalue weighted by molar-refractivity contribution is -0.145. The number of nitrogens with one attached hydrogen (secondary N) is 5. The average molecular weight is 1110 g/mol. The van der Waals surface area contributed by atoms with E-state index in [9.17, 15) is 78.9 Å². The third-order valence-corrected chi connectivity index (χ3v) is 14.3. The fourth-order valence-electron chi connectivity index (χ4n) is 9.96. The average Bonchev–Trinajstić information content (AvgIpc) is 4.21. The highest BCUT2D eigenvalue weighted by Gasteiger charge is 2.46. The van der Waals surface area contributed by atoms with Crippen molar-refractivity contribution in [3.63, 3.8) is 0 Å². The summed E-state index contributed by atoms with van der Waals surface area (Å²) in [6.45, 7) is 0.265. The number of benzene rings is 2. The molecule has 3 aliphatic rings. The van der Waals surface area contributed by atoms with Gasteiger partial charge in [-0.3, -0.25) is 38.4 Å². The second-order valence-electron chi connectivity index (χ2n) is 20.4. The summed E-state index contributed by atoms with van der Waals surface area (Å²) in [5.41, 5.74) is 18.0. The topological polar surface area (TPSA) is 443 Å². The van der Waals surface area contributed by atoms with Crippen molar-refractivity contribution in [3.8, 4) is 11.5 Å².